The predicted octanol–water partition coefficient (Wildman–Crippen LogP) is 7.72. The lowest BCUT2D eigenvalue weighted by atomic mass is 9.88. The summed E-state index contributed by atoms with van der Waals surface area (Å²) >= 11 is 9.94. The fraction of sp³-hybridized carbons (Fsp3) is 0.300. The molecular formula is C30H29BrClN3O3. The summed E-state index contributed by atoms with van der Waals surface area (Å²) in [4.78, 5) is 18.4. The highest BCUT2D eigenvalue weighted by molar-refractivity contribution is 9.10. The molecule has 1 fully saturated rings. The monoisotopic (exact) mass is 593 g/mol. The van der Waals surface area contributed by atoms with Crippen LogP contribution < -0.4 is 15.0 Å². The maximum atomic E-state index is 13.5. The van der Waals surface area contributed by atoms with Gasteiger partial charge in [-0.3, -0.25) is 4.79 Å². The summed E-state index contributed by atoms with van der Waals surface area (Å²) in [5, 5.41) is 5.88. The van der Waals surface area contributed by atoms with Gasteiger partial charge in [0.2, 0.25) is 0 Å². The number of hydrogen-bond donors (Lipinski definition) is 0. The molecule has 0 bridgehead atoms. The zero-order valence-electron chi connectivity index (χ0n) is 21.2. The molecule has 0 radical (unpaired) electrons. The van der Waals surface area contributed by atoms with Crippen LogP contribution in [-0.4, -0.2) is 22.5 Å². The van der Waals surface area contributed by atoms with Gasteiger partial charge in [-0.05, 0) is 66.0 Å². The van der Waals surface area contributed by atoms with E-state index in [9.17, 15) is 4.79 Å². The zero-order chi connectivity index (χ0) is 26.5. The first kappa shape index (κ1) is 26.4. The van der Waals surface area contributed by atoms with Crippen LogP contribution in [-0.2, 0) is 6.61 Å². The van der Waals surface area contributed by atoms with Gasteiger partial charge in [0.25, 0.3) is 5.56 Å². The fourth-order valence-electron chi connectivity index (χ4n) is 4.80. The highest BCUT2D eigenvalue weighted by Crippen LogP contribution is 2.35. The van der Waals surface area contributed by atoms with Crippen molar-refractivity contribution in [1.29, 1.82) is 0 Å². The minimum Gasteiger partial charge on any atom is -0.490 e. The summed E-state index contributed by atoms with van der Waals surface area (Å²) in [6.45, 7) is 2.70. The number of hydrogen-bond acceptors (Lipinski definition) is 5. The fourth-order valence-corrected chi connectivity index (χ4v) is 5.41. The number of halogens is 2. The van der Waals surface area contributed by atoms with Crippen LogP contribution in [0.3, 0.4) is 0 Å². The molecule has 8 heteroatoms. The minimum absolute atomic E-state index is 0.159. The molecule has 1 saturated carbocycles. The van der Waals surface area contributed by atoms with Crippen molar-refractivity contribution in [3.05, 3.63) is 97.5 Å². The van der Waals surface area contributed by atoms with E-state index in [2.05, 4.69) is 21.0 Å². The number of para-hydroxylation sites is 1. The molecular weight excluding hydrogens is 566 g/mol. The quantitative estimate of drug-likeness (QED) is 0.196. The first-order valence-corrected chi connectivity index (χ1v) is 14.1. The molecule has 0 unspecified atom stereocenters. The molecule has 0 N–H and O–H groups in total. The summed E-state index contributed by atoms with van der Waals surface area (Å²) in [6, 6.07) is 18.8. The third-order valence-corrected chi connectivity index (χ3v) is 7.82. The number of aromatic nitrogens is 2. The molecule has 5 rings (SSSR count). The third kappa shape index (κ3) is 5.79. The summed E-state index contributed by atoms with van der Waals surface area (Å²) < 4.78 is 14.2. The standard InChI is InChI=1S/C30H29BrClN3O3/c1-2-37-27-16-22(24(31)17-28(27)38-19-21-12-6-8-14-25(21)32)18-33-35-29(20-10-4-3-5-11-20)34-26-15-9-7-13-23(26)30(35)36/h6-9,12-18,20H,2-5,10-11,19H2,1H3. The van der Waals surface area contributed by atoms with Crippen molar-refractivity contribution in [2.75, 3.05) is 6.61 Å². The molecule has 3 aromatic carbocycles. The molecule has 1 aliphatic carbocycles. The number of benzene rings is 3. The average molecular weight is 595 g/mol. The number of ether oxygens (including phenoxy) is 2. The van der Waals surface area contributed by atoms with Gasteiger partial charge in [0.05, 0.1) is 23.7 Å². The van der Waals surface area contributed by atoms with E-state index in [-0.39, 0.29) is 11.5 Å². The van der Waals surface area contributed by atoms with E-state index in [0.717, 1.165) is 47.1 Å². The van der Waals surface area contributed by atoms with E-state index in [1.54, 1.807) is 12.3 Å². The molecule has 4 aromatic rings. The Kier molecular flexibility index (Phi) is 8.45. The molecule has 0 atom stereocenters. The van der Waals surface area contributed by atoms with Crippen molar-refractivity contribution >= 4 is 44.6 Å². The van der Waals surface area contributed by atoms with Crippen LogP contribution in [0.2, 0.25) is 5.02 Å². The molecule has 1 heterocycles. The third-order valence-electron chi connectivity index (χ3n) is 6.77. The molecule has 196 valence electrons. The summed E-state index contributed by atoms with van der Waals surface area (Å²) in [6.07, 6.45) is 7.18. The molecule has 6 nitrogen and oxygen atoms in total. The van der Waals surface area contributed by atoms with Crippen LogP contribution in [0.25, 0.3) is 10.9 Å². The van der Waals surface area contributed by atoms with Crippen molar-refractivity contribution in [3.8, 4) is 11.5 Å². The van der Waals surface area contributed by atoms with Gasteiger partial charge in [0.15, 0.2) is 11.5 Å². The molecule has 38 heavy (non-hydrogen) atoms. The molecule has 0 aliphatic heterocycles. The summed E-state index contributed by atoms with van der Waals surface area (Å²) in [7, 11) is 0. The van der Waals surface area contributed by atoms with Crippen molar-refractivity contribution in [3.63, 3.8) is 0 Å². The van der Waals surface area contributed by atoms with Crippen molar-refractivity contribution in [2.24, 2.45) is 5.10 Å². The van der Waals surface area contributed by atoms with Crippen LogP contribution in [0.4, 0.5) is 0 Å². The molecule has 0 saturated heterocycles. The highest BCUT2D eigenvalue weighted by Gasteiger charge is 2.22. The van der Waals surface area contributed by atoms with Crippen LogP contribution in [0, 0.1) is 0 Å². The smallest absolute Gasteiger partial charge is 0.282 e. The Hall–Kier alpha value is -3.16. The van der Waals surface area contributed by atoms with Gasteiger partial charge in [0, 0.05) is 26.5 Å². The van der Waals surface area contributed by atoms with Crippen LogP contribution >= 0.6 is 27.5 Å². The number of fused-ring (bicyclic) bond motifs is 1. The normalized spacial score (nSPS) is 14.3. The summed E-state index contributed by atoms with van der Waals surface area (Å²) in [5.41, 5.74) is 2.20. The molecule has 0 amide bonds. The van der Waals surface area contributed by atoms with E-state index < -0.39 is 0 Å². The van der Waals surface area contributed by atoms with E-state index in [1.165, 1.54) is 11.1 Å². The van der Waals surface area contributed by atoms with Crippen LogP contribution in [0.5, 0.6) is 11.5 Å². The van der Waals surface area contributed by atoms with E-state index in [1.807, 2.05) is 61.5 Å². The van der Waals surface area contributed by atoms with Gasteiger partial charge >= 0.3 is 0 Å². The van der Waals surface area contributed by atoms with E-state index in [0.29, 0.717) is 40.6 Å². The van der Waals surface area contributed by atoms with Crippen molar-refractivity contribution in [1.82, 2.24) is 9.66 Å². The lowest BCUT2D eigenvalue weighted by molar-refractivity contribution is 0.269. The Balaban J connectivity index is 1.50. The predicted molar refractivity (Wildman–Crippen MR) is 156 cm³/mol. The Morgan fingerprint density at radius 1 is 1.05 bits per heavy atom. The topological polar surface area (TPSA) is 65.7 Å². The second-order valence-electron chi connectivity index (χ2n) is 9.32. The Morgan fingerprint density at radius 2 is 1.79 bits per heavy atom. The first-order valence-electron chi connectivity index (χ1n) is 12.9. The maximum absolute atomic E-state index is 13.5. The van der Waals surface area contributed by atoms with Crippen LogP contribution in [0.1, 0.15) is 61.9 Å². The van der Waals surface area contributed by atoms with Gasteiger partial charge in [0.1, 0.15) is 12.4 Å². The SMILES string of the molecule is CCOc1cc(C=Nn2c(C3CCCCC3)nc3ccccc3c2=O)c(Br)cc1OCc1ccccc1Cl. The highest BCUT2D eigenvalue weighted by atomic mass is 79.9. The zero-order valence-corrected chi connectivity index (χ0v) is 23.5. The summed E-state index contributed by atoms with van der Waals surface area (Å²) in [5.74, 6) is 2.11. The maximum Gasteiger partial charge on any atom is 0.282 e. The molecule has 0 spiro atoms. The van der Waals surface area contributed by atoms with Gasteiger partial charge < -0.3 is 9.47 Å². The second-order valence-corrected chi connectivity index (χ2v) is 10.6. The van der Waals surface area contributed by atoms with Gasteiger partial charge in [-0.2, -0.15) is 9.78 Å². The van der Waals surface area contributed by atoms with Gasteiger partial charge in [-0.15, -0.1) is 0 Å². The van der Waals surface area contributed by atoms with Crippen LogP contribution in [0.15, 0.2) is 75.0 Å². The largest absolute Gasteiger partial charge is 0.490 e. The number of nitrogens with zero attached hydrogens (tertiary/aromatic N) is 3. The van der Waals surface area contributed by atoms with E-state index in [4.69, 9.17) is 26.1 Å². The number of rotatable bonds is 8. The Labute approximate surface area is 235 Å². The van der Waals surface area contributed by atoms with Gasteiger partial charge in [-0.1, -0.05) is 61.2 Å². The molecule has 1 aromatic heterocycles. The molecule has 1 aliphatic rings. The Bertz CT molecular complexity index is 1530. The average Bonchev–Trinajstić information content (AvgIpc) is 2.94. The van der Waals surface area contributed by atoms with Gasteiger partial charge in [-0.25, -0.2) is 4.98 Å². The second kappa shape index (κ2) is 12.1. The lowest BCUT2D eigenvalue weighted by Gasteiger charge is -2.22. The first-order chi connectivity index (χ1) is 18.5. The van der Waals surface area contributed by atoms with Crippen molar-refractivity contribution in [2.45, 2.75) is 51.6 Å². The van der Waals surface area contributed by atoms with Crippen molar-refractivity contribution < 1.29 is 9.47 Å². The Morgan fingerprint density at radius 3 is 2.58 bits per heavy atom. The lowest BCUT2D eigenvalue weighted by Crippen LogP contribution is -2.25. The van der Waals surface area contributed by atoms with E-state index >= 15 is 0 Å². The minimum atomic E-state index is -0.159.